The van der Waals surface area contributed by atoms with E-state index in [1.165, 1.54) is 5.56 Å². The van der Waals surface area contributed by atoms with Gasteiger partial charge in [0, 0.05) is 0 Å². The van der Waals surface area contributed by atoms with Crippen molar-refractivity contribution in [2.24, 2.45) is 0 Å². The molecule has 0 fully saturated rings. The highest BCUT2D eigenvalue weighted by Crippen LogP contribution is 2.31. The summed E-state index contributed by atoms with van der Waals surface area (Å²) in [6.07, 6.45) is 1.10. The molecule has 0 aliphatic heterocycles. The lowest BCUT2D eigenvalue weighted by Gasteiger charge is -2.14. The first-order valence-corrected chi connectivity index (χ1v) is 5.64. The normalized spacial score (nSPS) is 12.2. The zero-order chi connectivity index (χ0) is 12.0. The molecular formula is C13H20O3. The van der Waals surface area contributed by atoms with Crippen LogP contribution in [-0.2, 0) is 0 Å². The van der Waals surface area contributed by atoms with Gasteiger partial charge in [0.25, 0.3) is 0 Å². The summed E-state index contributed by atoms with van der Waals surface area (Å²) in [5.74, 6) is 1.93. The van der Waals surface area contributed by atoms with Crippen molar-refractivity contribution in [3.8, 4) is 11.5 Å². The van der Waals surface area contributed by atoms with Crippen molar-refractivity contribution in [1.82, 2.24) is 0 Å². The number of aliphatic hydroxyl groups excluding tert-OH is 1. The maximum absolute atomic E-state index is 8.71. The van der Waals surface area contributed by atoms with Crippen molar-refractivity contribution in [2.75, 3.05) is 20.3 Å². The molecule has 0 aromatic heterocycles. The Morgan fingerprint density at radius 3 is 2.62 bits per heavy atom. The van der Waals surface area contributed by atoms with E-state index in [9.17, 15) is 0 Å². The predicted octanol–water partition coefficient (Wildman–Crippen LogP) is 2.58. The van der Waals surface area contributed by atoms with Gasteiger partial charge in [0.1, 0.15) is 6.61 Å². The van der Waals surface area contributed by atoms with E-state index >= 15 is 0 Å². The van der Waals surface area contributed by atoms with Crippen LogP contribution in [0, 0.1) is 0 Å². The Balaban J connectivity index is 2.88. The van der Waals surface area contributed by atoms with Gasteiger partial charge in [-0.3, -0.25) is 0 Å². The second kappa shape index (κ2) is 6.38. The molecule has 1 N–H and O–H groups in total. The standard InChI is InChI=1S/C13H20O3/c1-4-10(2)11-5-6-12(16-8-7-14)13(9-11)15-3/h5-6,9-10,14H,4,7-8H2,1-3H3. The van der Waals surface area contributed by atoms with Gasteiger partial charge in [0.05, 0.1) is 13.7 Å². The number of ether oxygens (including phenoxy) is 2. The third kappa shape index (κ3) is 3.14. The predicted molar refractivity (Wildman–Crippen MR) is 64.3 cm³/mol. The molecular weight excluding hydrogens is 204 g/mol. The average molecular weight is 224 g/mol. The van der Waals surface area contributed by atoms with Crippen molar-refractivity contribution < 1.29 is 14.6 Å². The number of benzene rings is 1. The maximum Gasteiger partial charge on any atom is 0.161 e. The summed E-state index contributed by atoms with van der Waals surface area (Å²) in [7, 11) is 1.63. The smallest absolute Gasteiger partial charge is 0.161 e. The molecule has 1 aromatic rings. The van der Waals surface area contributed by atoms with Gasteiger partial charge in [-0.15, -0.1) is 0 Å². The van der Waals surface area contributed by atoms with Crippen LogP contribution in [-0.4, -0.2) is 25.4 Å². The van der Waals surface area contributed by atoms with Gasteiger partial charge in [-0.05, 0) is 30.0 Å². The first-order valence-electron chi connectivity index (χ1n) is 5.64. The molecule has 1 rings (SSSR count). The van der Waals surface area contributed by atoms with Gasteiger partial charge in [0.2, 0.25) is 0 Å². The molecule has 0 aliphatic carbocycles. The van der Waals surface area contributed by atoms with Crippen molar-refractivity contribution in [3.05, 3.63) is 23.8 Å². The summed E-state index contributed by atoms with van der Waals surface area (Å²) in [6.45, 7) is 4.64. The van der Waals surface area contributed by atoms with Gasteiger partial charge in [-0.1, -0.05) is 19.9 Å². The van der Waals surface area contributed by atoms with E-state index in [4.69, 9.17) is 14.6 Å². The summed E-state index contributed by atoms with van der Waals surface area (Å²) < 4.78 is 10.6. The zero-order valence-electron chi connectivity index (χ0n) is 10.2. The van der Waals surface area contributed by atoms with E-state index in [-0.39, 0.29) is 6.61 Å². The Hall–Kier alpha value is -1.22. The van der Waals surface area contributed by atoms with Crippen LogP contribution in [0.4, 0.5) is 0 Å². The molecule has 3 nitrogen and oxygen atoms in total. The highest BCUT2D eigenvalue weighted by Gasteiger charge is 2.09. The maximum atomic E-state index is 8.71. The lowest BCUT2D eigenvalue weighted by molar-refractivity contribution is 0.196. The van der Waals surface area contributed by atoms with Gasteiger partial charge in [-0.2, -0.15) is 0 Å². The van der Waals surface area contributed by atoms with Gasteiger partial charge in [0.15, 0.2) is 11.5 Å². The van der Waals surface area contributed by atoms with Crippen LogP contribution in [0.2, 0.25) is 0 Å². The molecule has 0 radical (unpaired) electrons. The molecule has 0 bridgehead atoms. The summed E-state index contributed by atoms with van der Waals surface area (Å²) >= 11 is 0. The van der Waals surface area contributed by atoms with E-state index in [1.54, 1.807) is 7.11 Å². The van der Waals surface area contributed by atoms with Crippen LogP contribution in [0.15, 0.2) is 18.2 Å². The van der Waals surface area contributed by atoms with E-state index in [1.807, 2.05) is 18.2 Å². The molecule has 0 saturated heterocycles. The number of hydrogen-bond donors (Lipinski definition) is 1. The Bertz CT molecular complexity index is 323. The monoisotopic (exact) mass is 224 g/mol. The third-order valence-corrected chi connectivity index (χ3v) is 2.72. The molecule has 0 amide bonds. The Kier molecular flexibility index (Phi) is 5.12. The molecule has 0 saturated carbocycles. The van der Waals surface area contributed by atoms with Crippen molar-refractivity contribution >= 4 is 0 Å². The van der Waals surface area contributed by atoms with E-state index in [2.05, 4.69) is 13.8 Å². The Labute approximate surface area is 97.0 Å². The summed E-state index contributed by atoms with van der Waals surface area (Å²) in [5, 5.41) is 8.71. The second-order valence-electron chi connectivity index (χ2n) is 3.79. The van der Waals surface area contributed by atoms with Crippen LogP contribution in [0.5, 0.6) is 11.5 Å². The molecule has 0 aliphatic rings. The molecule has 3 heteroatoms. The first-order chi connectivity index (χ1) is 7.72. The minimum absolute atomic E-state index is 0.0102. The number of hydrogen-bond acceptors (Lipinski definition) is 3. The topological polar surface area (TPSA) is 38.7 Å². The quantitative estimate of drug-likeness (QED) is 0.807. The number of aliphatic hydroxyl groups is 1. The third-order valence-electron chi connectivity index (χ3n) is 2.72. The van der Waals surface area contributed by atoms with Crippen LogP contribution in [0.3, 0.4) is 0 Å². The minimum Gasteiger partial charge on any atom is -0.493 e. The molecule has 1 atom stereocenters. The SMILES string of the molecule is CCC(C)c1ccc(OCCO)c(OC)c1. The minimum atomic E-state index is 0.0102. The van der Waals surface area contributed by atoms with E-state index < -0.39 is 0 Å². The second-order valence-corrected chi connectivity index (χ2v) is 3.79. The fourth-order valence-corrected chi connectivity index (χ4v) is 1.50. The van der Waals surface area contributed by atoms with Gasteiger partial charge < -0.3 is 14.6 Å². The van der Waals surface area contributed by atoms with Crippen LogP contribution in [0.1, 0.15) is 31.7 Å². The molecule has 1 unspecified atom stereocenters. The fraction of sp³-hybridized carbons (Fsp3) is 0.538. The Morgan fingerprint density at radius 2 is 2.06 bits per heavy atom. The number of methoxy groups -OCH3 is 1. The molecule has 90 valence electrons. The molecule has 0 spiro atoms. The largest absolute Gasteiger partial charge is 0.493 e. The van der Waals surface area contributed by atoms with Crippen LogP contribution < -0.4 is 9.47 Å². The fourth-order valence-electron chi connectivity index (χ4n) is 1.50. The summed E-state index contributed by atoms with van der Waals surface area (Å²) in [6, 6.07) is 5.94. The molecule has 16 heavy (non-hydrogen) atoms. The van der Waals surface area contributed by atoms with Crippen molar-refractivity contribution in [2.45, 2.75) is 26.2 Å². The lowest BCUT2D eigenvalue weighted by Crippen LogP contribution is -2.03. The summed E-state index contributed by atoms with van der Waals surface area (Å²) in [5.41, 5.74) is 1.25. The lowest BCUT2D eigenvalue weighted by atomic mass is 9.98. The Morgan fingerprint density at radius 1 is 1.31 bits per heavy atom. The van der Waals surface area contributed by atoms with Crippen LogP contribution in [0.25, 0.3) is 0 Å². The highest BCUT2D eigenvalue weighted by atomic mass is 16.5. The highest BCUT2D eigenvalue weighted by molar-refractivity contribution is 5.43. The first kappa shape index (κ1) is 12.8. The summed E-state index contributed by atoms with van der Waals surface area (Å²) in [4.78, 5) is 0. The molecule has 1 aromatic carbocycles. The van der Waals surface area contributed by atoms with Crippen LogP contribution >= 0.6 is 0 Å². The van der Waals surface area contributed by atoms with Gasteiger partial charge >= 0.3 is 0 Å². The van der Waals surface area contributed by atoms with E-state index in [0.717, 1.165) is 12.2 Å². The van der Waals surface area contributed by atoms with Crippen molar-refractivity contribution in [3.63, 3.8) is 0 Å². The van der Waals surface area contributed by atoms with E-state index in [0.29, 0.717) is 18.3 Å². The number of rotatable bonds is 6. The molecule has 0 heterocycles. The van der Waals surface area contributed by atoms with Crippen molar-refractivity contribution in [1.29, 1.82) is 0 Å². The zero-order valence-corrected chi connectivity index (χ0v) is 10.2. The average Bonchev–Trinajstić information content (AvgIpc) is 2.35. The van der Waals surface area contributed by atoms with Gasteiger partial charge in [-0.25, -0.2) is 0 Å².